The Labute approximate surface area is 154 Å². The van der Waals surface area contributed by atoms with Crippen molar-refractivity contribution in [3.8, 4) is 5.75 Å². The summed E-state index contributed by atoms with van der Waals surface area (Å²) in [4.78, 5) is 12.4. The van der Waals surface area contributed by atoms with Crippen molar-refractivity contribution in [2.45, 2.75) is 64.3 Å². The minimum atomic E-state index is -0.831. The maximum Gasteiger partial charge on any atom is 0.315 e. The van der Waals surface area contributed by atoms with Crippen molar-refractivity contribution < 1.29 is 14.6 Å². The van der Waals surface area contributed by atoms with Crippen LogP contribution in [-0.4, -0.2) is 28.9 Å². The van der Waals surface area contributed by atoms with E-state index in [1.807, 2.05) is 50.2 Å². The summed E-state index contributed by atoms with van der Waals surface area (Å²) in [5, 5.41) is 18.3. The largest absolute Gasteiger partial charge is 0.491 e. The summed E-state index contributed by atoms with van der Waals surface area (Å²) in [6.45, 7) is 6.12. The van der Waals surface area contributed by atoms with Gasteiger partial charge in [0.2, 0.25) is 0 Å². The molecule has 2 amide bonds. The van der Waals surface area contributed by atoms with Gasteiger partial charge < -0.3 is 20.5 Å². The van der Waals surface area contributed by atoms with Gasteiger partial charge in [0.15, 0.2) is 0 Å². The summed E-state index contributed by atoms with van der Waals surface area (Å²) in [5.74, 6) is 0.784. The van der Waals surface area contributed by atoms with Gasteiger partial charge in [0.25, 0.3) is 0 Å². The molecule has 2 atom stereocenters. The molecule has 1 saturated carbocycles. The fourth-order valence-corrected chi connectivity index (χ4v) is 3.62. The van der Waals surface area contributed by atoms with Crippen LogP contribution in [0, 0.1) is 0 Å². The average molecular weight is 356 g/mol. The summed E-state index contributed by atoms with van der Waals surface area (Å²) in [6.07, 6.45) is 2.50. The molecule has 5 nitrogen and oxygen atoms in total. The average Bonchev–Trinajstić information content (AvgIpc) is 2.91. The van der Waals surface area contributed by atoms with Crippen LogP contribution in [0.3, 0.4) is 0 Å². The van der Waals surface area contributed by atoms with E-state index >= 15 is 0 Å². The van der Waals surface area contributed by atoms with E-state index in [0.717, 1.165) is 34.9 Å². The minimum Gasteiger partial charge on any atom is -0.491 e. The van der Waals surface area contributed by atoms with Gasteiger partial charge in [-0.15, -0.1) is 0 Å². The van der Waals surface area contributed by atoms with Gasteiger partial charge in [0.05, 0.1) is 17.7 Å². The van der Waals surface area contributed by atoms with Crippen molar-refractivity contribution in [1.82, 2.24) is 10.6 Å². The van der Waals surface area contributed by atoms with E-state index in [1.54, 1.807) is 6.92 Å². The molecule has 0 heterocycles. The van der Waals surface area contributed by atoms with Crippen molar-refractivity contribution in [2.75, 3.05) is 0 Å². The summed E-state index contributed by atoms with van der Waals surface area (Å²) in [6, 6.07) is 11.6. The number of urea groups is 1. The molecule has 0 saturated heterocycles. The fourth-order valence-electron chi connectivity index (χ4n) is 3.62. The van der Waals surface area contributed by atoms with Crippen LogP contribution in [0.15, 0.2) is 36.4 Å². The second-order valence-electron chi connectivity index (χ2n) is 7.56. The summed E-state index contributed by atoms with van der Waals surface area (Å²) < 4.78 is 5.94. The van der Waals surface area contributed by atoms with Gasteiger partial charge in [0.1, 0.15) is 5.75 Å². The number of nitrogens with one attached hydrogen (secondary N) is 2. The Morgan fingerprint density at radius 2 is 2.08 bits per heavy atom. The van der Waals surface area contributed by atoms with E-state index in [1.165, 1.54) is 0 Å². The Morgan fingerprint density at radius 1 is 1.31 bits per heavy atom. The lowest BCUT2D eigenvalue weighted by atomic mass is 10.0. The number of fused-ring (bicyclic) bond motifs is 1. The zero-order chi connectivity index (χ0) is 18.7. The zero-order valence-electron chi connectivity index (χ0n) is 15.7. The molecule has 2 unspecified atom stereocenters. The highest BCUT2D eigenvalue weighted by molar-refractivity contribution is 5.88. The van der Waals surface area contributed by atoms with Crippen molar-refractivity contribution in [3.63, 3.8) is 0 Å². The van der Waals surface area contributed by atoms with Crippen LogP contribution in [0.25, 0.3) is 10.8 Å². The number of carbonyl (C=O) groups is 1. The molecule has 1 aliphatic rings. The standard InChI is InChI=1S/C21H28N2O3/c1-14(2)26-18-11-10-15-7-4-5-8-16(15)17(18)13-22-20(24)23-19-9-6-12-21(19,3)25/h4-5,7-8,10-11,14,19,25H,6,9,12-13H2,1-3H3,(H2,22,23,24). The molecule has 2 aromatic carbocycles. The first kappa shape index (κ1) is 18.5. The van der Waals surface area contributed by atoms with Crippen LogP contribution in [0.2, 0.25) is 0 Å². The van der Waals surface area contributed by atoms with Crippen LogP contribution in [0.4, 0.5) is 4.79 Å². The van der Waals surface area contributed by atoms with Gasteiger partial charge in [-0.25, -0.2) is 4.79 Å². The molecule has 1 aliphatic carbocycles. The Hall–Kier alpha value is -2.27. The second-order valence-corrected chi connectivity index (χ2v) is 7.56. The van der Waals surface area contributed by atoms with Crippen molar-refractivity contribution in [3.05, 3.63) is 42.0 Å². The van der Waals surface area contributed by atoms with E-state index < -0.39 is 5.60 Å². The van der Waals surface area contributed by atoms with Crippen molar-refractivity contribution in [1.29, 1.82) is 0 Å². The van der Waals surface area contributed by atoms with Gasteiger partial charge >= 0.3 is 6.03 Å². The van der Waals surface area contributed by atoms with Crippen LogP contribution < -0.4 is 15.4 Å². The smallest absolute Gasteiger partial charge is 0.315 e. The summed E-state index contributed by atoms with van der Waals surface area (Å²) >= 11 is 0. The van der Waals surface area contributed by atoms with E-state index in [-0.39, 0.29) is 18.2 Å². The first-order valence-electron chi connectivity index (χ1n) is 9.31. The molecule has 0 spiro atoms. The molecule has 26 heavy (non-hydrogen) atoms. The predicted octanol–water partition coefficient (Wildman–Crippen LogP) is 3.73. The number of aliphatic hydroxyl groups is 1. The van der Waals surface area contributed by atoms with Gasteiger partial charge in [-0.1, -0.05) is 30.3 Å². The monoisotopic (exact) mass is 356 g/mol. The third-order valence-electron chi connectivity index (χ3n) is 5.02. The Morgan fingerprint density at radius 3 is 2.77 bits per heavy atom. The normalized spacial score (nSPS) is 22.6. The summed E-state index contributed by atoms with van der Waals surface area (Å²) in [7, 11) is 0. The van der Waals surface area contributed by atoms with Crippen LogP contribution >= 0.6 is 0 Å². The highest BCUT2D eigenvalue weighted by Gasteiger charge is 2.37. The lowest BCUT2D eigenvalue weighted by Crippen LogP contribution is -2.50. The molecule has 0 aliphatic heterocycles. The van der Waals surface area contributed by atoms with Gasteiger partial charge in [-0.05, 0) is 56.9 Å². The molecule has 5 heteroatoms. The number of hydrogen-bond donors (Lipinski definition) is 3. The van der Waals surface area contributed by atoms with Gasteiger partial charge in [-0.3, -0.25) is 0 Å². The van der Waals surface area contributed by atoms with Crippen LogP contribution in [0.5, 0.6) is 5.75 Å². The molecule has 3 N–H and O–H groups in total. The Bertz CT molecular complexity index is 786. The minimum absolute atomic E-state index is 0.0531. The van der Waals surface area contributed by atoms with Gasteiger partial charge in [0, 0.05) is 12.1 Å². The highest BCUT2D eigenvalue weighted by atomic mass is 16.5. The predicted molar refractivity (Wildman–Crippen MR) is 103 cm³/mol. The SMILES string of the molecule is CC(C)Oc1ccc2ccccc2c1CNC(=O)NC1CCCC1(C)O. The molecule has 0 radical (unpaired) electrons. The molecule has 3 rings (SSSR count). The zero-order valence-corrected chi connectivity index (χ0v) is 15.7. The van der Waals surface area contributed by atoms with Gasteiger partial charge in [-0.2, -0.15) is 0 Å². The maximum absolute atomic E-state index is 12.4. The van der Waals surface area contributed by atoms with E-state index in [9.17, 15) is 9.90 Å². The van der Waals surface area contributed by atoms with Crippen molar-refractivity contribution in [2.24, 2.45) is 0 Å². The van der Waals surface area contributed by atoms with E-state index in [0.29, 0.717) is 13.0 Å². The lowest BCUT2D eigenvalue weighted by Gasteiger charge is -2.26. The first-order valence-corrected chi connectivity index (χ1v) is 9.31. The number of benzene rings is 2. The molecule has 2 aromatic rings. The fraction of sp³-hybridized carbons (Fsp3) is 0.476. The third kappa shape index (κ3) is 4.10. The quantitative estimate of drug-likeness (QED) is 0.764. The third-order valence-corrected chi connectivity index (χ3v) is 5.02. The lowest BCUT2D eigenvalue weighted by molar-refractivity contribution is 0.0425. The molecule has 0 bridgehead atoms. The van der Waals surface area contributed by atoms with Crippen LogP contribution in [0.1, 0.15) is 45.6 Å². The Balaban J connectivity index is 1.75. The Kier molecular flexibility index (Phi) is 5.37. The summed E-state index contributed by atoms with van der Waals surface area (Å²) in [5.41, 5.74) is 0.132. The molecule has 140 valence electrons. The van der Waals surface area contributed by atoms with E-state index in [4.69, 9.17) is 4.74 Å². The van der Waals surface area contributed by atoms with E-state index in [2.05, 4.69) is 10.6 Å². The number of ether oxygens (including phenoxy) is 1. The topological polar surface area (TPSA) is 70.6 Å². The second kappa shape index (κ2) is 7.54. The first-order chi connectivity index (χ1) is 12.4. The van der Waals surface area contributed by atoms with Crippen LogP contribution in [-0.2, 0) is 6.54 Å². The molecule has 0 aromatic heterocycles. The number of amides is 2. The maximum atomic E-state index is 12.4. The molecule has 1 fully saturated rings. The number of hydrogen-bond acceptors (Lipinski definition) is 3. The molecular formula is C21H28N2O3. The highest BCUT2D eigenvalue weighted by Crippen LogP contribution is 2.30. The number of carbonyl (C=O) groups excluding carboxylic acids is 1. The van der Waals surface area contributed by atoms with Crippen molar-refractivity contribution >= 4 is 16.8 Å². The molecular weight excluding hydrogens is 328 g/mol. The number of rotatable bonds is 5.